The highest BCUT2D eigenvalue weighted by Crippen LogP contribution is 2.37. The average molecular weight is 362 g/mol. The van der Waals surface area contributed by atoms with Crippen LogP contribution in [0.5, 0.6) is 0 Å². The second-order valence-electron chi connectivity index (χ2n) is 6.80. The van der Waals surface area contributed by atoms with Crippen molar-refractivity contribution in [2.75, 3.05) is 0 Å². The van der Waals surface area contributed by atoms with Crippen LogP contribution in [0.15, 0.2) is 34.8 Å². The molecule has 4 rings (SSSR count). The molecule has 2 heterocycles. The SMILES string of the molecule is O=C(N1C2C=CCC1CC2)C1(O)CCc2cc(Br)ccc2C1. The van der Waals surface area contributed by atoms with Crippen molar-refractivity contribution < 1.29 is 9.90 Å². The van der Waals surface area contributed by atoms with Crippen molar-refractivity contribution in [2.45, 2.75) is 56.2 Å². The van der Waals surface area contributed by atoms with Gasteiger partial charge in [0, 0.05) is 16.9 Å². The number of hydrogen-bond donors (Lipinski definition) is 1. The van der Waals surface area contributed by atoms with Crippen LogP contribution in [-0.2, 0) is 17.6 Å². The number of carbonyl (C=O) groups is 1. The number of halogens is 1. The summed E-state index contributed by atoms with van der Waals surface area (Å²) < 4.78 is 1.06. The van der Waals surface area contributed by atoms with E-state index < -0.39 is 5.60 Å². The lowest BCUT2D eigenvalue weighted by molar-refractivity contribution is -0.155. The predicted octanol–water partition coefficient (Wildman–Crippen LogP) is 2.99. The number of benzene rings is 1. The molecule has 0 radical (unpaired) electrons. The van der Waals surface area contributed by atoms with Gasteiger partial charge in [0.1, 0.15) is 5.60 Å². The first-order valence-electron chi connectivity index (χ1n) is 8.06. The molecule has 116 valence electrons. The lowest BCUT2D eigenvalue weighted by Gasteiger charge is -2.40. The van der Waals surface area contributed by atoms with E-state index in [9.17, 15) is 9.90 Å². The quantitative estimate of drug-likeness (QED) is 0.781. The molecule has 3 nitrogen and oxygen atoms in total. The topological polar surface area (TPSA) is 40.5 Å². The first kappa shape index (κ1) is 14.5. The Balaban J connectivity index is 1.61. The van der Waals surface area contributed by atoms with Gasteiger partial charge in [-0.25, -0.2) is 0 Å². The fourth-order valence-electron chi connectivity index (χ4n) is 4.21. The maximum atomic E-state index is 13.0. The Hall–Kier alpha value is -1.13. The van der Waals surface area contributed by atoms with Gasteiger partial charge in [-0.3, -0.25) is 4.79 Å². The van der Waals surface area contributed by atoms with Crippen molar-refractivity contribution in [1.29, 1.82) is 0 Å². The number of hydrogen-bond acceptors (Lipinski definition) is 2. The average Bonchev–Trinajstić information content (AvgIpc) is 2.75. The Morgan fingerprint density at radius 1 is 1.32 bits per heavy atom. The third kappa shape index (κ3) is 2.24. The molecular weight excluding hydrogens is 342 g/mol. The van der Waals surface area contributed by atoms with Gasteiger partial charge >= 0.3 is 0 Å². The number of fused-ring (bicyclic) bond motifs is 3. The van der Waals surface area contributed by atoms with E-state index in [1.165, 1.54) is 5.56 Å². The third-order valence-corrected chi connectivity index (χ3v) is 5.90. The van der Waals surface area contributed by atoms with Crippen molar-refractivity contribution in [3.05, 3.63) is 46.0 Å². The van der Waals surface area contributed by atoms with Gasteiger partial charge in [0.15, 0.2) is 0 Å². The maximum absolute atomic E-state index is 13.0. The normalized spacial score (nSPS) is 32.9. The Kier molecular flexibility index (Phi) is 3.42. The van der Waals surface area contributed by atoms with Gasteiger partial charge in [-0.15, -0.1) is 0 Å². The second-order valence-corrected chi connectivity index (χ2v) is 7.71. The monoisotopic (exact) mass is 361 g/mol. The van der Waals surface area contributed by atoms with Crippen LogP contribution in [0.3, 0.4) is 0 Å². The zero-order valence-electron chi connectivity index (χ0n) is 12.5. The molecule has 3 aliphatic rings. The summed E-state index contributed by atoms with van der Waals surface area (Å²) in [6.45, 7) is 0. The number of nitrogens with zero attached hydrogens (tertiary/aromatic N) is 1. The summed E-state index contributed by atoms with van der Waals surface area (Å²) in [7, 11) is 0. The number of aryl methyl sites for hydroxylation is 1. The number of carbonyl (C=O) groups excluding carboxylic acids is 1. The molecule has 1 amide bonds. The molecule has 0 spiro atoms. The molecule has 1 aliphatic carbocycles. The minimum Gasteiger partial charge on any atom is -0.380 e. The Bertz CT molecular complexity index is 656. The first-order chi connectivity index (χ1) is 10.6. The Morgan fingerprint density at radius 3 is 3.00 bits per heavy atom. The van der Waals surface area contributed by atoms with Gasteiger partial charge in [0.2, 0.25) is 0 Å². The van der Waals surface area contributed by atoms with E-state index >= 15 is 0 Å². The van der Waals surface area contributed by atoms with Crippen LogP contribution in [0, 0.1) is 0 Å². The molecule has 1 N–H and O–H groups in total. The molecule has 1 aromatic rings. The molecule has 3 atom stereocenters. The molecule has 0 aromatic heterocycles. The van der Waals surface area contributed by atoms with E-state index in [1.807, 2.05) is 17.0 Å². The highest BCUT2D eigenvalue weighted by atomic mass is 79.9. The molecule has 4 heteroatoms. The van der Waals surface area contributed by atoms with Crippen LogP contribution in [0.2, 0.25) is 0 Å². The minimum absolute atomic E-state index is 0.0575. The number of rotatable bonds is 1. The van der Waals surface area contributed by atoms with Crippen molar-refractivity contribution >= 4 is 21.8 Å². The molecule has 1 saturated heterocycles. The fourth-order valence-corrected chi connectivity index (χ4v) is 4.62. The summed E-state index contributed by atoms with van der Waals surface area (Å²) in [6.07, 6.45) is 9.07. The van der Waals surface area contributed by atoms with Gasteiger partial charge in [-0.2, -0.15) is 0 Å². The Labute approximate surface area is 139 Å². The summed E-state index contributed by atoms with van der Waals surface area (Å²) in [5.41, 5.74) is 1.12. The standard InChI is InChI=1S/C18H20BrNO2/c19-14-5-4-13-11-18(22,9-8-12(13)10-14)17(21)20-15-2-1-3-16(20)7-6-15/h1-2,4-5,10,15-16,22H,3,6-9,11H2. The lowest BCUT2D eigenvalue weighted by Crippen LogP contribution is -2.56. The van der Waals surface area contributed by atoms with Crippen molar-refractivity contribution in [3.63, 3.8) is 0 Å². The van der Waals surface area contributed by atoms with Crippen molar-refractivity contribution in [2.24, 2.45) is 0 Å². The molecule has 1 aromatic carbocycles. The molecule has 3 unspecified atom stereocenters. The van der Waals surface area contributed by atoms with E-state index in [4.69, 9.17) is 0 Å². The largest absolute Gasteiger partial charge is 0.380 e. The smallest absolute Gasteiger partial charge is 0.255 e. The highest BCUT2D eigenvalue weighted by Gasteiger charge is 2.47. The van der Waals surface area contributed by atoms with Crippen LogP contribution in [0.1, 0.15) is 36.8 Å². The van der Waals surface area contributed by atoms with E-state index in [0.29, 0.717) is 12.8 Å². The first-order valence-corrected chi connectivity index (χ1v) is 8.85. The molecule has 1 fully saturated rings. The van der Waals surface area contributed by atoms with E-state index in [-0.39, 0.29) is 18.0 Å². The van der Waals surface area contributed by atoms with E-state index in [1.54, 1.807) is 0 Å². The third-order valence-electron chi connectivity index (χ3n) is 5.40. The molecule has 2 bridgehead atoms. The highest BCUT2D eigenvalue weighted by molar-refractivity contribution is 9.10. The van der Waals surface area contributed by atoms with Crippen molar-refractivity contribution in [1.82, 2.24) is 4.90 Å². The van der Waals surface area contributed by atoms with Crippen LogP contribution >= 0.6 is 15.9 Å². The zero-order chi connectivity index (χ0) is 15.3. The van der Waals surface area contributed by atoms with E-state index in [0.717, 1.165) is 35.7 Å². The van der Waals surface area contributed by atoms with Crippen LogP contribution in [0.4, 0.5) is 0 Å². The fraction of sp³-hybridized carbons (Fsp3) is 0.500. The molecular formula is C18H20BrNO2. The predicted molar refractivity (Wildman–Crippen MR) is 88.5 cm³/mol. The minimum atomic E-state index is -1.23. The summed E-state index contributed by atoms with van der Waals surface area (Å²) in [6, 6.07) is 6.61. The molecule has 0 saturated carbocycles. The van der Waals surface area contributed by atoms with Gasteiger partial charge in [0.25, 0.3) is 5.91 Å². The van der Waals surface area contributed by atoms with Gasteiger partial charge in [0.05, 0.1) is 6.04 Å². The van der Waals surface area contributed by atoms with Crippen molar-refractivity contribution in [3.8, 4) is 0 Å². The van der Waals surface area contributed by atoms with E-state index in [2.05, 4.69) is 34.1 Å². The summed E-state index contributed by atoms with van der Waals surface area (Å²) in [5, 5.41) is 11.0. The molecule has 22 heavy (non-hydrogen) atoms. The number of aliphatic hydroxyl groups is 1. The Morgan fingerprint density at radius 2 is 2.18 bits per heavy atom. The molecule has 2 aliphatic heterocycles. The van der Waals surface area contributed by atoms with Crippen LogP contribution < -0.4 is 0 Å². The van der Waals surface area contributed by atoms with Gasteiger partial charge in [-0.1, -0.05) is 34.1 Å². The lowest BCUT2D eigenvalue weighted by atomic mass is 9.79. The van der Waals surface area contributed by atoms with Crippen LogP contribution in [-0.4, -0.2) is 33.6 Å². The van der Waals surface area contributed by atoms with Crippen LogP contribution in [0.25, 0.3) is 0 Å². The number of amides is 1. The summed E-state index contributed by atoms with van der Waals surface area (Å²) in [4.78, 5) is 15.0. The van der Waals surface area contributed by atoms with Gasteiger partial charge in [-0.05, 0) is 55.4 Å². The summed E-state index contributed by atoms with van der Waals surface area (Å²) in [5.74, 6) is -0.0575. The zero-order valence-corrected chi connectivity index (χ0v) is 14.1. The maximum Gasteiger partial charge on any atom is 0.255 e. The second kappa shape index (κ2) is 5.20. The van der Waals surface area contributed by atoms with Gasteiger partial charge < -0.3 is 10.0 Å². The summed E-state index contributed by atoms with van der Waals surface area (Å²) >= 11 is 3.49.